The molecule has 17 heavy (non-hydrogen) atoms. The molecule has 1 saturated carbocycles. The fraction of sp³-hybridized carbons (Fsp3) is 1.00. The van der Waals surface area contributed by atoms with Crippen LogP contribution in [0.5, 0.6) is 0 Å². The average molecular weight is 261 g/mol. The second kappa shape index (κ2) is 5.70. The number of nitrogens with one attached hydrogen (secondary N) is 1. The van der Waals surface area contributed by atoms with Crippen molar-refractivity contribution >= 4 is 9.84 Å². The van der Waals surface area contributed by atoms with Crippen molar-refractivity contribution in [3.8, 4) is 0 Å². The average Bonchev–Trinajstić information content (AvgIpc) is 2.79. The minimum absolute atomic E-state index is 0.324. The second-order valence-corrected chi connectivity index (χ2v) is 8.39. The number of hydrogen-bond acceptors (Lipinski definition) is 3. The first-order valence-corrected chi connectivity index (χ1v) is 8.73. The minimum Gasteiger partial charge on any atom is -0.314 e. The highest BCUT2D eigenvalue weighted by atomic mass is 32.2. The Labute approximate surface area is 106 Å². The van der Waals surface area contributed by atoms with E-state index in [9.17, 15) is 8.42 Å². The molecule has 1 aliphatic rings. The summed E-state index contributed by atoms with van der Waals surface area (Å²) in [6.45, 7) is 7.80. The number of hydrogen-bond donors (Lipinski definition) is 1. The molecule has 0 amide bonds. The number of rotatable bonds is 8. The minimum atomic E-state index is -2.80. The van der Waals surface area contributed by atoms with Gasteiger partial charge in [0.2, 0.25) is 0 Å². The SMILES string of the molecule is CCCNC(CCCS(C)(=O)=O)C1CC1(C)C. The molecule has 1 rings (SSSR count). The summed E-state index contributed by atoms with van der Waals surface area (Å²) in [5.41, 5.74) is 0.455. The van der Waals surface area contributed by atoms with Gasteiger partial charge in [0, 0.05) is 18.1 Å². The van der Waals surface area contributed by atoms with Crippen LogP contribution in [0.15, 0.2) is 0 Å². The van der Waals surface area contributed by atoms with E-state index in [1.165, 1.54) is 12.7 Å². The third-order valence-corrected chi connectivity index (χ3v) is 4.79. The van der Waals surface area contributed by atoms with Crippen LogP contribution >= 0.6 is 0 Å². The smallest absolute Gasteiger partial charge is 0.147 e. The van der Waals surface area contributed by atoms with Crippen LogP contribution < -0.4 is 5.32 Å². The van der Waals surface area contributed by atoms with Crippen LogP contribution in [0.2, 0.25) is 0 Å². The molecule has 0 aromatic carbocycles. The molecule has 2 atom stereocenters. The van der Waals surface area contributed by atoms with Crippen LogP contribution in [0.25, 0.3) is 0 Å². The molecule has 0 heterocycles. The standard InChI is InChI=1S/C13H27NO2S/c1-5-8-14-12(11-10-13(11,2)3)7-6-9-17(4,15)16/h11-12,14H,5-10H2,1-4H3. The Morgan fingerprint density at radius 1 is 1.41 bits per heavy atom. The van der Waals surface area contributed by atoms with Crippen molar-refractivity contribution in [2.75, 3.05) is 18.6 Å². The van der Waals surface area contributed by atoms with Crippen molar-refractivity contribution in [1.82, 2.24) is 5.32 Å². The first kappa shape index (κ1) is 15.0. The molecule has 0 saturated heterocycles. The molecule has 0 aromatic rings. The maximum Gasteiger partial charge on any atom is 0.147 e. The Morgan fingerprint density at radius 2 is 2.00 bits per heavy atom. The predicted octanol–water partition coefficient (Wildman–Crippen LogP) is 2.23. The lowest BCUT2D eigenvalue weighted by Gasteiger charge is -2.20. The quantitative estimate of drug-likeness (QED) is 0.729. The summed E-state index contributed by atoms with van der Waals surface area (Å²) in [7, 11) is -2.80. The van der Waals surface area contributed by atoms with Crippen molar-refractivity contribution < 1.29 is 8.42 Å². The van der Waals surface area contributed by atoms with Gasteiger partial charge in [-0.1, -0.05) is 20.8 Å². The molecule has 0 radical (unpaired) electrons. The van der Waals surface area contributed by atoms with Crippen molar-refractivity contribution in [2.45, 2.75) is 52.5 Å². The lowest BCUT2D eigenvalue weighted by atomic mass is 10.00. The summed E-state index contributed by atoms with van der Waals surface area (Å²) in [5, 5.41) is 3.58. The van der Waals surface area contributed by atoms with E-state index in [1.54, 1.807) is 0 Å². The highest BCUT2D eigenvalue weighted by Gasteiger charge is 2.49. The van der Waals surface area contributed by atoms with Crippen molar-refractivity contribution in [3.05, 3.63) is 0 Å². The summed E-state index contributed by atoms with van der Waals surface area (Å²) in [4.78, 5) is 0. The fourth-order valence-corrected chi connectivity index (χ4v) is 3.23. The Bertz CT molecular complexity index is 335. The van der Waals surface area contributed by atoms with Gasteiger partial charge in [-0.3, -0.25) is 0 Å². The van der Waals surface area contributed by atoms with Gasteiger partial charge in [0.1, 0.15) is 9.84 Å². The van der Waals surface area contributed by atoms with Gasteiger partial charge < -0.3 is 5.32 Å². The molecular formula is C13H27NO2S. The van der Waals surface area contributed by atoms with Gasteiger partial charge >= 0.3 is 0 Å². The third kappa shape index (κ3) is 5.38. The van der Waals surface area contributed by atoms with E-state index in [0.29, 0.717) is 17.2 Å². The van der Waals surface area contributed by atoms with Gasteiger partial charge in [0.25, 0.3) is 0 Å². The van der Waals surface area contributed by atoms with Crippen LogP contribution in [0.4, 0.5) is 0 Å². The van der Waals surface area contributed by atoms with Crippen LogP contribution in [-0.2, 0) is 9.84 Å². The van der Waals surface area contributed by atoms with Gasteiger partial charge in [-0.15, -0.1) is 0 Å². The normalized spacial score (nSPS) is 24.6. The summed E-state index contributed by atoms with van der Waals surface area (Å²) < 4.78 is 22.2. The molecule has 102 valence electrons. The Kier molecular flexibility index (Phi) is 5.02. The summed E-state index contributed by atoms with van der Waals surface area (Å²) in [5.74, 6) is 1.05. The zero-order valence-corrected chi connectivity index (χ0v) is 12.4. The zero-order valence-electron chi connectivity index (χ0n) is 11.6. The molecule has 4 heteroatoms. The van der Waals surface area contributed by atoms with Gasteiger partial charge in [-0.05, 0) is 43.6 Å². The maximum absolute atomic E-state index is 11.1. The van der Waals surface area contributed by atoms with Gasteiger partial charge in [0.15, 0.2) is 0 Å². The van der Waals surface area contributed by atoms with Crippen molar-refractivity contribution in [1.29, 1.82) is 0 Å². The second-order valence-electron chi connectivity index (χ2n) is 6.13. The van der Waals surface area contributed by atoms with E-state index < -0.39 is 9.84 Å². The molecule has 1 N–H and O–H groups in total. The summed E-state index contributed by atoms with van der Waals surface area (Å²) in [6.07, 6.45) is 5.50. The predicted molar refractivity (Wildman–Crippen MR) is 72.9 cm³/mol. The van der Waals surface area contributed by atoms with Crippen molar-refractivity contribution in [3.63, 3.8) is 0 Å². The lowest BCUT2D eigenvalue weighted by molar-refractivity contribution is 0.382. The van der Waals surface area contributed by atoms with E-state index in [0.717, 1.165) is 31.7 Å². The van der Waals surface area contributed by atoms with Gasteiger partial charge in [-0.2, -0.15) is 0 Å². The first-order valence-electron chi connectivity index (χ1n) is 6.67. The van der Waals surface area contributed by atoms with Gasteiger partial charge in [0.05, 0.1) is 0 Å². The largest absolute Gasteiger partial charge is 0.314 e. The zero-order chi connectivity index (χ0) is 13.1. The Morgan fingerprint density at radius 3 is 2.41 bits per heavy atom. The molecule has 0 spiro atoms. The number of sulfone groups is 1. The highest BCUT2D eigenvalue weighted by molar-refractivity contribution is 7.90. The third-order valence-electron chi connectivity index (χ3n) is 3.76. The van der Waals surface area contributed by atoms with Crippen LogP contribution in [0.1, 0.15) is 46.5 Å². The summed E-state index contributed by atoms with van der Waals surface area (Å²) >= 11 is 0. The molecular weight excluding hydrogens is 234 g/mol. The van der Waals surface area contributed by atoms with E-state index >= 15 is 0 Å². The monoisotopic (exact) mass is 261 g/mol. The van der Waals surface area contributed by atoms with E-state index in [1.807, 2.05) is 0 Å². The Balaban J connectivity index is 2.37. The van der Waals surface area contributed by atoms with Crippen LogP contribution in [0, 0.1) is 11.3 Å². The molecule has 0 bridgehead atoms. The molecule has 1 aliphatic carbocycles. The maximum atomic E-state index is 11.1. The van der Waals surface area contributed by atoms with Crippen molar-refractivity contribution in [2.24, 2.45) is 11.3 Å². The molecule has 2 unspecified atom stereocenters. The first-order chi connectivity index (χ1) is 7.76. The summed E-state index contributed by atoms with van der Waals surface area (Å²) in [6, 6.07) is 0.506. The molecule has 0 aliphatic heterocycles. The van der Waals surface area contributed by atoms with Gasteiger partial charge in [-0.25, -0.2) is 8.42 Å². The van der Waals surface area contributed by atoms with E-state index in [-0.39, 0.29) is 0 Å². The van der Waals surface area contributed by atoms with E-state index in [2.05, 4.69) is 26.1 Å². The molecule has 0 aromatic heterocycles. The highest BCUT2D eigenvalue weighted by Crippen LogP contribution is 2.54. The Hall–Kier alpha value is -0.0900. The topological polar surface area (TPSA) is 46.2 Å². The lowest BCUT2D eigenvalue weighted by Crippen LogP contribution is -2.33. The fourth-order valence-electron chi connectivity index (χ4n) is 2.54. The molecule has 1 fully saturated rings. The van der Waals surface area contributed by atoms with Crippen LogP contribution in [-0.4, -0.2) is 33.0 Å². The molecule has 3 nitrogen and oxygen atoms in total. The van der Waals surface area contributed by atoms with Crippen LogP contribution in [0.3, 0.4) is 0 Å². The van der Waals surface area contributed by atoms with E-state index in [4.69, 9.17) is 0 Å².